The van der Waals surface area contributed by atoms with Crippen molar-refractivity contribution in [3.8, 4) is 5.88 Å². The summed E-state index contributed by atoms with van der Waals surface area (Å²) >= 11 is 0. The second-order valence-corrected chi connectivity index (χ2v) is 5.95. The van der Waals surface area contributed by atoms with E-state index < -0.39 is 0 Å². The van der Waals surface area contributed by atoms with Crippen molar-refractivity contribution < 1.29 is 4.74 Å². The first-order valence-electron chi connectivity index (χ1n) is 8.01. The van der Waals surface area contributed by atoms with E-state index in [1.54, 1.807) is 0 Å². The Balaban J connectivity index is 2.50. The summed E-state index contributed by atoms with van der Waals surface area (Å²) in [4.78, 5) is 6.95. The Kier molecular flexibility index (Phi) is 7.68. The predicted molar refractivity (Wildman–Crippen MR) is 88.8 cm³/mol. The van der Waals surface area contributed by atoms with E-state index in [1.807, 2.05) is 13.0 Å². The first kappa shape index (κ1) is 17.9. The molecule has 1 N–H and O–H groups in total. The highest BCUT2D eigenvalue weighted by Gasteiger charge is 2.13. The minimum Gasteiger partial charge on any atom is -0.476 e. The van der Waals surface area contributed by atoms with Crippen molar-refractivity contribution in [1.82, 2.24) is 15.2 Å². The average molecular weight is 293 g/mol. The molecule has 21 heavy (non-hydrogen) atoms. The molecule has 0 bridgehead atoms. The fourth-order valence-corrected chi connectivity index (χ4v) is 2.46. The molecule has 0 aliphatic carbocycles. The zero-order chi connectivity index (χ0) is 15.8. The van der Waals surface area contributed by atoms with Crippen molar-refractivity contribution in [1.29, 1.82) is 0 Å². The average Bonchev–Trinajstić information content (AvgIpc) is 2.41. The lowest BCUT2D eigenvalue weighted by molar-refractivity contribution is 0.140. The van der Waals surface area contributed by atoms with E-state index in [-0.39, 0.29) is 0 Å². The molecule has 0 aromatic carbocycles. The number of pyridine rings is 1. The molecule has 1 aromatic heterocycles. The van der Waals surface area contributed by atoms with Crippen LogP contribution in [0, 0.1) is 6.92 Å². The normalized spacial score (nSPS) is 11.7. The fourth-order valence-electron chi connectivity index (χ4n) is 2.46. The van der Waals surface area contributed by atoms with Crippen LogP contribution in [0.1, 0.15) is 45.9 Å². The fraction of sp³-hybridized carbons (Fsp3) is 0.706. The van der Waals surface area contributed by atoms with Gasteiger partial charge < -0.3 is 10.1 Å². The second-order valence-electron chi connectivity index (χ2n) is 5.95. The zero-order valence-electron chi connectivity index (χ0n) is 14.4. The largest absolute Gasteiger partial charge is 0.476 e. The first-order chi connectivity index (χ1) is 9.95. The van der Waals surface area contributed by atoms with Crippen molar-refractivity contribution in [2.45, 2.75) is 60.2 Å². The van der Waals surface area contributed by atoms with Crippen LogP contribution in [0.15, 0.2) is 12.1 Å². The highest BCUT2D eigenvalue weighted by molar-refractivity contribution is 5.24. The van der Waals surface area contributed by atoms with Gasteiger partial charge in [0, 0.05) is 36.9 Å². The lowest BCUT2D eigenvalue weighted by atomic mass is 10.2. The van der Waals surface area contributed by atoms with Crippen LogP contribution in [-0.4, -0.2) is 41.7 Å². The molecule has 1 aromatic rings. The summed E-state index contributed by atoms with van der Waals surface area (Å²) in [5.41, 5.74) is 2.27. The zero-order valence-corrected chi connectivity index (χ0v) is 14.4. The molecule has 1 heterocycles. The summed E-state index contributed by atoms with van der Waals surface area (Å²) in [6, 6.07) is 5.13. The summed E-state index contributed by atoms with van der Waals surface area (Å²) in [7, 11) is 0. The summed E-state index contributed by atoms with van der Waals surface area (Å²) in [6.45, 7) is 16.5. The Bertz CT molecular complexity index is 410. The standard InChI is InChI=1S/C17H31N3O/c1-7-18-12-16-8-9-17(19-15(16)6)21-11-10-20(13(2)3)14(4)5/h8-9,13-14,18H,7,10-12H2,1-6H3. The Morgan fingerprint density at radius 1 is 1.19 bits per heavy atom. The molecule has 0 fully saturated rings. The quantitative estimate of drug-likeness (QED) is 0.759. The second kappa shape index (κ2) is 9.00. The molecule has 0 spiro atoms. The molecule has 0 aliphatic rings. The van der Waals surface area contributed by atoms with Gasteiger partial charge in [0.05, 0.1) is 0 Å². The summed E-state index contributed by atoms with van der Waals surface area (Å²) in [5, 5.41) is 3.32. The number of nitrogens with zero attached hydrogens (tertiary/aromatic N) is 2. The van der Waals surface area contributed by atoms with Gasteiger partial charge in [0.25, 0.3) is 0 Å². The summed E-state index contributed by atoms with van der Waals surface area (Å²) in [5.74, 6) is 0.722. The number of ether oxygens (including phenoxy) is 1. The Morgan fingerprint density at radius 3 is 2.38 bits per heavy atom. The minimum atomic E-state index is 0.533. The van der Waals surface area contributed by atoms with E-state index in [0.29, 0.717) is 18.7 Å². The van der Waals surface area contributed by atoms with Crippen LogP contribution in [0.3, 0.4) is 0 Å². The van der Waals surface area contributed by atoms with Gasteiger partial charge in [-0.15, -0.1) is 0 Å². The molecular weight excluding hydrogens is 262 g/mol. The number of nitrogens with one attached hydrogen (secondary N) is 1. The molecule has 120 valence electrons. The van der Waals surface area contributed by atoms with E-state index in [2.05, 4.69) is 55.9 Å². The molecule has 0 radical (unpaired) electrons. The molecule has 0 saturated carbocycles. The van der Waals surface area contributed by atoms with Gasteiger partial charge >= 0.3 is 0 Å². The van der Waals surface area contributed by atoms with Crippen LogP contribution in [0.5, 0.6) is 5.88 Å². The molecule has 4 nitrogen and oxygen atoms in total. The van der Waals surface area contributed by atoms with Crippen molar-refractivity contribution in [3.05, 3.63) is 23.4 Å². The lowest BCUT2D eigenvalue weighted by Gasteiger charge is -2.30. The van der Waals surface area contributed by atoms with E-state index in [0.717, 1.165) is 31.2 Å². The van der Waals surface area contributed by atoms with Gasteiger partial charge in [-0.1, -0.05) is 13.0 Å². The minimum absolute atomic E-state index is 0.533. The van der Waals surface area contributed by atoms with Gasteiger partial charge in [-0.05, 0) is 46.7 Å². The molecule has 4 heteroatoms. The van der Waals surface area contributed by atoms with Gasteiger partial charge in [-0.2, -0.15) is 0 Å². The van der Waals surface area contributed by atoms with Gasteiger partial charge in [0.1, 0.15) is 6.61 Å². The van der Waals surface area contributed by atoms with Crippen molar-refractivity contribution in [2.24, 2.45) is 0 Å². The van der Waals surface area contributed by atoms with Crippen LogP contribution >= 0.6 is 0 Å². The topological polar surface area (TPSA) is 37.4 Å². The maximum absolute atomic E-state index is 5.80. The number of hydrogen-bond acceptors (Lipinski definition) is 4. The van der Waals surface area contributed by atoms with Gasteiger partial charge in [0.2, 0.25) is 5.88 Å². The third kappa shape index (κ3) is 6.02. The van der Waals surface area contributed by atoms with Gasteiger partial charge in [-0.3, -0.25) is 4.90 Å². The number of aryl methyl sites for hydroxylation is 1. The van der Waals surface area contributed by atoms with Gasteiger partial charge in [0.15, 0.2) is 0 Å². The number of aromatic nitrogens is 1. The monoisotopic (exact) mass is 293 g/mol. The van der Waals surface area contributed by atoms with Crippen molar-refractivity contribution in [3.63, 3.8) is 0 Å². The molecule has 0 atom stereocenters. The van der Waals surface area contributed by atoms with Crippen LogP contribution < -0.4 is 10.1 Å². The molecular formula is C17H31N3O. The smallest absolute Gasteiger partial charge is 0.213 e. The SMILES string of the molecule is CCNCc1ccc(OCCN(C(C)C)C(C)C)nc1C. The maximum atomic E-state index is 5.80. The summed E-state index contributed by atoms with van der Waals surface area (Å²) < 4.78 is 5.80. The molecule has 1 rings (SSSR count). The van der Waals surface area contributed by atoms with Crippen LogP contribution in [0.4, 0.5) is 0 Å². The van der Waals surface area contributed by atoms with Crippen LogP contribution in [0.25, 0.3) is 0 Å². The highest BCUT2D eigenvalue weighted by Crippen LogP contribution is 2.13. The number of rotatable bonds is 9. The number of hydrogen-bond donors (Lipinski definition) is 1. The predicted octanol–water partition coefficient (Wildman–Crippen LogP) is 3.00. The van der Waals surface area contributed by atoms with E-state index in [9.17, 15) is 0 Å². The van der Waals surface area contributed by atoms with Crippen molar-refractivity contribution in [2.75, 3.05) is 19.7 Å². The third-order valence-corrected chi connectivity index (χ3v) is 3.66. The highest BCUT2D eigenvalue weighted by atomic mass is 16.5. The molecule has 0 amide bonds. The van der Waals surface area contributed by atoms with Crippen LogP contribution in [-0.2, 0) is 6.54 Å². The van der Waals surface area contributed by atoms with E-state index >= 15 is 0 Å². The Hall–Kier alpha value is -1.13. The summed E-state index contributed by atoms with van der Waals surface area (Å²) in [6.07, 6.45) is 0. The Labute approximate surface area is 129 Å². The third-order valence-electron chi connectivity index (χ3n) is 3.66. The van der Waals surface area contributed by atoms with Crippen LogP contribution in [0.2, 0.25) is 0 Å². The Morgan fingerprint density at radius 2 is 1.86 bits per heavy atom. The molecule has 0 unspecified atom stereocenters. The lowest BCUT2D eigenvalue weighted by Crippen LogP contribution is -2.39. The van der Waals surface area contributed by atoms with E-state index in [1.165, 1.54) is 5.56 Å². The molecule has 0 aliphatic heterocycles. The van der Waals surface area contributed by atoms with Gasteiger partial charge in [-0.25, -0.2) is 4.98 Å². The molecule has 0 saturated heterocycles. The van der Waals surface area contributed by atoms with E-state index in [4.69, 9.17) is 4.74 Å². The van der Waals surface area contributed by atoms with Crippen molar-refractivity contribution >= 4 is 0 Å². The first-order valence-corrected chi connectivity index (χ1v) is 8.01. The maximum Gasteiger partial charge on any atom is 0.213 e.